The Hall–Kier alpha value is -1.15. The predicted molar refractivity (Wildman–Crippen MR) is 63.4 cm³/mol. The van der Waals surface area contributed by atoms with E-state index < -0.39 is 12.0 Å². The predicted octanol–water partition coefficient (Wildman–Crippen LogP) is 1.11. The minimum absolute atomic E-state index is 0.293. The van der Waals surface area contributed by atoms with Gasteiger partial charge >= 0.3 is 6.18 Å². The van der Waals surface area contributed by atoms with E-state index in [1.54, 1.807) is 0 Å². The molecule has 2 rings (SSSR count). The van der Waals surface area contributed by atoms with Gasteiger partial charge in [0.05, 0.1) is 6.54 Å². The molecule has 0 aromatic carbocycles. The minimum atomic E-state index is -4.43. The van der Waals surface area contributed by atoms with Gasteiger partial charge in [0.2, 0.25) is 5.82 Å². The maximum atomic E-state index is 12.7. The van der Waals surface area contributed by atoms with Gasteiger partial charge in [0.15, 0.2) is 0 Å². The van der Waals surface area contributed by atoms with Crippen molar-refractivity contribution >= 4 is 0 Å². The first-order valence-corrected chi connectivity index (χ1v) is 6.31. The lowest BCUT2D eigenvalue weighted by Crippen LogP contribution is -2.41. The fourth-order valence-electron chi connectivity index (χ4n) is 2.30. The average molecular weight is 277 g/mol. The van der Waals surface area contributed by atoms with Crippen molar-refractivity contribution in [3.8, 4) is 0 Å². The van der Waals surface area contributed by atoms with Gasteiger partial charge in [-0.2, -0.15) is 13.2 Å². The molecule has 1 aromatic heterocycles. The molecule has 0 spiro atoms. The number of fused-ring (bicyclic) bond motifs is 1. The van der Waals surface area contributed by atoms with Gasteiger partial charge in [-0.15, -0.1) is 10.2 Å². The summed E-state index contributed by atoms with van der Waals surface area (Å²) >= 11 is 0. The molecule has 0 bridgehead atoms. The van der Waals surface area contributed by atoms with Crippen molar-refractivity contribution in [2.45, 2.75) is 38.7 Å². The SMILES string of the molecule is CNCCC(C)N1CCn2c(nnc2C(F)(F)F)C1. The summed E-state index contributed by atoms with van der Waals surface area (Å²) in [6, 6.07) is 0.312. The molecule has 0 saturated heterocycles. The van der Waals surface area contributed by atoms with Crippen LogP contribution in [-0.4, -0.2) is 45.8 Å². The van der Waals surface area contributed by atoms with Crippen LogP contribution in [-0.2, 0) is 19.3 Å². The molecular formula is C11H18F3N5. The number of aromatic nitrogens is 3. The molecule has 8 heteroatoms. The number of hydrogen-bond acceptors (Lipinski definition) is 4. The Morgan fingerprint density at radius 3 is 2.68 bits per heavy atom. The quantitative estimate of drug-likeness (QED) is 0.895. The van der Waals surface area contributed by atoms with Crippen LogP contribution in [0.2, 0.25) is 0 Å². The first-order valence-electron chi connectivity index (χ1n) is 6.31. The maximum absolute atomic E-state index is 12.7. The van der Waals surface area contributed by atoms with E-state index in [9.17, 15) is 13.2 Å². The molecule has 5 nitrogen and oxygen atoms in total. The zero-order valence-corrected chi connectivity index (χ0v) is 11.0. The van der Waals surface area contributed by atoms with Crippen molar-refractivity contribution in [2.24, 2.45) is 0 Å². The molecule has 1 aromatic rings. The molecule has 1 unspecified atom stereocenters. The van der Waals surface area contributed by atoms with Crippen molar-refractivity contribution < 1.29 is 13.2 Å². The molecule has 0 saturated carbocycles. The molecule has 19 heavy (non-hydrogen) atoms. The molecule has 0 aliphatic carbocycles. The van der Waals surface area contributed by atoms with Gasteiger partial charge in [-0.3, -0.25) is 4.90 Å². The van der Waals surface area contributed by atoms with Gasteiger partial charge < -0.3 is 9.88 Å². The normalized spacial score (nSPS) is 18.4. The Labute approximate surface area is 109 Å². The average Bonchev–Trinajstić information content (AvgIpc) is 2.78. The zero-order valence-electron chi connectivity index (χ0n) is 11.0. The smallest absolute Gasteiger partial charge is 0.320 e. The van der Waals surface area contributed by atoms with Crippen molar-refractivity contribution in [2.75, 3.05) is 20.1 Å². The standard InChI is InChI=1S/C11H18F3N5/c1-8(3-4-15-2)18-5-6-19-9(7-18)16-17-10(19)11(12,13)14/h8,15H,3-7H2,1-2H3. The Kier molecular flexibility index (Phi) is 4.10. The van der Waals surface area contributed by atoms with E-state index in [2.05, 4.69) is 27.3 Å². The number of nitrogens with one attached hydrogen (secondary N) is 1. The lowest BCUT2D eigenvalue weighted by atomic mass is 10.2. The van der Waals surface area contributed by atoms with Gasteiger partial charge in [0.25, 0.3) is 0 Å². The summed E-state index contributed by atoms with van der Waals surface area (Å²) in [7, 11) is 1.88. The van der Waals surface area contributed by atoms with Crippen LogP contribution in [0.25, 0.3) is 0 Å². The van der Waals surface area contributed by atoms with Crippen molar-refractivity contribution in [3.05, 3.63) is 11.6 Å². The topological polar surface area (TPSA) is 46.0 Å². The van der Waals surface area contributed by atoms with Gasteiger partial charge in [-0.05, 0) is 26.9 Å². The van der Waals surface area contributed by atoms with E-state index in [0.29, 0.717) is 31.5 Å². The minimum Gasteiger partial charge on any atom is -0.320 e. The Morgan fingerprint density at radius 2 is 2.05 bits per heavy atom. The van der Waals surface area contributed by atoms with Crippen LogP contribution in [0.15, 0.2) is 0 Å². The van der Waals surface area contributed by atoms with Crippen LogP contribution < -0.4 is 5.32 Å². The molecule has 2 heterocycles. The van der Waals surface area contributed by atoms with E-state index in [1.165, 1.54) is 4.57 Å². The third kappa shape index (κ3) is 3.06. The first kappa shape index (κ1) is 14.3. The summed E-state index contributed by atoms with van der Waals surface area (Å²) in [5.74, 6) is -0.486. The largest absolute Gasteiger partial charge is 0.451 e. The summed E-state index contributed by atoms with van der Waals surface area (Å²) in [5.41, 5.74) is 0. The van der Waals surface area contributed by atoms with Gasteiger partial charge in [-0.1, -0.05) is 0 Å². The maximum Gasteiger partial charge on any atom is 0.451 e. The van der Waals surface area contributed by atoms with E-state index in [4.69, 9.17) is 0 Å². The summed E-state index contributed by atoms with van der Waals surface area (Å²) in [5, 5.41) is 10.0. The molecule has 0 radical (unpaired) electrons. The number of nitrogens with zero attached hydrogens (tertiary/aromatic N) is 4. The van der Waals surface area contributed by atoms with Crippen molar-refractivity contribution in [3.63, 3.8) is 0 Å². The highest BCUT2D eigenvalue weighted by Gasteiger charge is 2.39. The monoisotopic (exact) mass is 277 g/mol. The van der Waals surface area contributed by atoms with E-state index in [1.807, 2.05) is 7.05 Å². The highest BCUT2D eigenvalue weighted by molar-refractivity contribution is 5.02. The second-order valence-electron chi connectivity index (χ2n) is 4.80. The Morgan fingerprint density at radius 1 is 1.32 bits per heavy atom. The number of rotatable bonds is 4. The van der Waals surface area contributed by atoms with E-state index in [0.717, 1.165) is 13.0 Å². The Balaban J connectivity index is 2.07. The van der Waals surface area contributed by atoms with Crippen LogP contribution in [0.4, 0.5) is 13.2 Å². The molecule has 108 valence electrons. The van der Waals surface area contributed by atoms with Crippen LogP contribution in [0.5, 0.6) is 0 Å². The Bertz CT molecular complexity index is 428. The number of hydrogen-bond donors (Lipinski definition) is 1. The number of halogens is 3. The van der Waals surface area contributed by atoms with Crippen LogP contribution in [0, 0.1) is 0 Å². The zero-order chi connectivity index (χ0) is 14.0. The second-order valence-corrected chi connectivity index (χ2v) is 4.80. The number of alkyl halides is 3. The van der Waals surface area contributed by atoms with Crippen LogP contribution >= 0.6 is 0 Å². The van der Waals surface area contributed by atoms with Crippen molar-refractivity contribution in [1.82, 2.24) is 25.0 Å². The lowest BCUT2D eigenvalue weighted by molar-refractivity contribution is -0.148. The van der Waals surface area contributed by atoms with Gasteiger partial charge in [0, 0.05) is 19.1 Å². The van der Waals surface area contributed by atoms with Crippen molar-refractivity contribution in [1.29, 1.82) is 0 Å². The summed E-state index contributed by atoms with van der Waals surface area (Å²) in [6.45, 7) is 4.28. The highest BCUT2D eigenvalue weighted by Crippen LogP contribution is 2.29. The van der Waals surface area contributed by atoms with Crippen LogP contribution in [0.3, 0.4) is 0 Å². The summed E-state index contributed by atoms with van der Waals surface area (Å²) < 4.78 is 39.2. The van der Waals surface area contributed by atoms with E-state index >= 15 is 0 Å². The molecule has 1 aliphatic rings. The molecule has 1 N–H and O–H groups in total. The highest BCUT2D eigenvalue weighted by atomic mass is 19.4. The molecule has 1 aliphatic heterocycles. The third-order valence-electron chi connectivity index (χ3n) is 3.47. The summed E-state index contributed by atoms with van der Waals surface area (Å²) in [4.78, 5) is 2.14. The second kappa shape index (κ2) is 5.46. The molecule has 0 amide bonds. The molecule has 0 fully saturated rings. The summed E-state index contributed by atoms with van der Waals surface area (Å²) in [6.07, 6.45) is -3.47. The fraction of sp³-hybridized carbons (Fsp3) is 0.818. The van der Waals surface area contributed by atoms with Crippen LogP contribution in [0.1, 0.15) is 25.0 Å². The van der Waals surface area contributed by atoms with Gasteiger partial charge in [0.1, 0.15) is 5.82 Å². The molecular weight excluding hydrogens is 259 g/mol. The third-order valence-corrected chi connectivity index (χ3v) is 3.47. The van der Waals surface area contributed by atoms with E-state index in [-0.39, 0.29) is 0 Å². The first-order chi connectivity index (χ1) is 8.93. The fourth-order valence-corrected chi connectivity index (χ4v) is 2.30. The lowest BCUT2D eigenvalue weighted by Gasteiger charge is -2.32. The van der Waals surface area contributed by atoms with Gasteiger partial charge in [-0.25, -0.2) is 0 Å². The molecule has 1 atom stereocenters.